The monoisotopic (exact) mass is 387 g/mol. The zero-order valence-electron chi connectivity index (χ0n) is 16.6. The van der Waals surface area contributed by atoms with E-state index in [1.807, 2.05) is 25.3 Å². The molecular weight excluding hydrogens is 362 g/mol. The van der Waals surface area contributed by atoms with Gasteiger partial charge in [-0.15, -0.1) is 0 Å². The zero-order chi connectivity index (χ0) is 19.6. The largest absolute Gasteiger partial charge is 0.373 e. The topological polar surface area (TPSA) is 54.4 Å². The van der Waals surface area contributed by atoms with Gasteiger partial charge < -0.3 is 9.64 Å². The van der Waals surface area contributed by atoms with Gasteiger partial charge >= 0.3 is 0 Å². The number of hydrogen-bond donors (Lipinski definition) is 0. The summed E-state index contributed by atoms with van der Waals surface area (Å²) in [5, 5.41) is 0. The Balaban J connectivity index is 1.38. The SMILES string of the molecule is Cc1cc(N2CC3OCCN(Cc4ccccc4)C3C2)nc(-c2cccnc2)n1. The summed E-state index contributed by atoms with van der Waals surface area (Å²) in [5.74, 6) is 1.69. The number of nitrogens with zero attached hydrogens (tertiary/aromatic N) is 5. The molecule has 0 spiro atoms. The standard InChI is InChI=1S/C23H25N5O/c1-17-12-22(26-23(25-17)19-8-5-9-24-13-19)28-15-20-21(16-28)29-11-10-27(20)14-18-6-3-2-4-7-18/h2-9,12-13,20-21H,10-11,14-16H2,1H3. The third kappa shape index (κ3) is 3.86. The minimum Gasteiger partial charge on any atom is -0.373 e. The average Bonchev–Trinajstić information content (AvgIpc) is 3.20. The van der Waals surface area contributed by atoms with Crippen molar-refractivity contribution < 1.29 is 4.74 Å². The molecule has 0 bridgehead atoms. The number of aromatic nitrogens is 3. The highest BCUT2D eigenvalue weighted by molar-refractivity contribution is 5.57. The molecule has 1 aromatic carbocycles. The van der Waals surface area contributed by atoms with Crippen LogP contribution in [0.15, 0.2) is 60.9 Å². The molecule has 0 saturated carbocycles. The van der Waals surface area contributed by atoms with Crippen LogP contribution >= 0.6 is 0 Å². The second-order valence-electron chi connectivity index (χ2n) is 7.77. The van der Waals surface area contributed by atoms with E-state index in [-0.39, 0.29) is 6.10 Å². The Kier molecular flexibility index (Phi) is 4.96. The van der Waals surface area contributed by atoms with Crippen molar-refractivity contribution >= 4 is 5.82 Å². The van der Waals surface area contributed by atoms with E-state index in [4.69, 9.17) is 9.72 Å². The first-order chi connectivity index (χ1) is 14.3. The predicted molar refractivity (Wildman–Crippen MR) is 113 cm³/mol. The molecule has 6 heteroatoms. The van der Waals surface area contributed by atoms with E-state index in [0.29, 0.717) is 6.04 Å². The fourth-order valence-corrected chi connectivity index (χ4v) is 4.30. The summed E-state index contributed by atoms with van der Waals surface area (Å²) in [6.07, 6.45) is 3.79. The summed E-state index contributed by atoms with van der Waals surface area (Å²) in [6, 6.07) is 17.0. The van der Waals surface area contributed by atoms with E-state index in [1.54, 1.807) is 6.20 Å². The molecule has 29 heavy (non-hydrogen) atoms. The zero-order valence-corrected chi connectivity index (χ0v) is 16.6. The van der Waals surface area contributed by atoms with Crippen molar-refractivity contribution in [3.63, 3.8) is 0 Å². The number of pyridine rings is 1. The molecule has 0 aliphatic carbocycles. The maximum Gasteiger partial charge on any atom is 0.163 e. The molecule has 2 aliphatic heterocycles. The Morgan fingerprint density at radius 1 is 1.07 bits per heavy atom. The smallest absolute Gasteiger partial charge is 0.163 e. The van der Waals surface area contributed by atoms with Crippen molar-refractivity contribution in [2.75, 3.05) is 31.1 Å². The van der Waals surface area contributed by atoms with Crippen LogP contribution in [0.1, 0.15) is 11.3 Å². The molecular formula is C23H25N5O. The second kappa shape index (κ2) is 7.89. The third-order valence-electron chi connectivity index (χ3n) is 5.73. The van der Waals surface area contributed by atoms with Crippen molar-refractivity contribution in [2.45, 2.75) is 25.6 Å². The fraction of sp³-hybridized carbons (Fsp3) is 0.348. The summed E-state index contributed by atoms with van der Waals surface area (Å²) in [7, 11) is 0. The maximum absolute atomic E-state index is 6.13. The van der Waals surface area contributed by atoms with Crippen LogP contribution in [0, 0.1) is 6.92 Å². The molecule has 0 amide bonds. The molecule has 0 radical (unpaired) electrons. The summed E-state index contributed by atoms with van der Waals surface area (Å²) in [6.45, 7) is 6.51. The Labute approximate surface area is 171 Å². The number of ether oxygens (including phenoxy) is 1. The first kappa shape index (κ1) is 18.2. The Bertz CT molecular complexity index is 966. The van der Waals surface area contributed by atoms with Gasteiger partial charge in [-0.2, -0.15) is 0 Å². The number of morpholine rings is 1. The van der Waals surface area contributed by atoms with Crippen molar-refractivity contribution in [1.82, 2.24) is 19.9 Å². The Morgan fingerprint density at radius 3 is 2.79 bits per heavy atom. The van der Waals surface area contributed by atoms with Crippen molar-refractivity contribution in [1.29, 1.82) is 0 Å². The minimum absolute atomic E-state index is 0.213. The lowest BCUT2D eigenvalue weighted by Crippen LogP contribution is -2.50. The molecule has 3 aromatic rings. The number of aryl methyl sites for hydroxylation is 1. The van der Waals surface area contributed by atoms with Gasteiger partial charge in [0, 0.05) is 55.9 Å². The first-order valence-corrected chi connectivity index (χ1v) is 10.2. The van der Waals surface area contributed by atoms with Crippen LogP contribution < -0.4 is 4.90 Å². The molecule has 148 valence electrons. The molecule has 2 saturated heterocycles. The van der Waals surface area contributed by atoms with Gasteiger partial charge in [-0.1, -0.05) is 30.3 Å². The quantitative estimate of drug-likeness (QED) is 0.686. The second-order valence-corrected chi connectivity index (χ2v) is 7.77. The summed E-state index contributed by atoms with van der Waals surface area (Å²) < 4.78 is 6.13. The highest BCUT2D eigenvalue weighted by atomic mass is 16.5. The van der Waals surface area contributed by atoms with Gasteiger partial charge in [0.05, 0.1) is 18.8 Å². The van der Waals surface area contributed by atoms with Crippen LogP contribution in [0.25, 0.3) is 11.4 Å². The van der Waals surface area contributed by atoms with E-state index >= 15 is 0 Å². The highest BCUT2D eigenvalue weighted by Crippen LogP contribution is 2.29. The summed E-state index contributed by atoms with van der Waals surface area (Å²) in [4.78, 5) is 18.6. The molecule has 2 aliphatic rings. The Morgan fingerprint density at radius 2 is 1.97 bits per heavy atom. The van der Waals surface area contributed by atoms with Crippen molar-refractivity contribution in [2.24, 2.45) is 0 Å². The van der Waals surface area contributed by atoms with Gasteiger partial charge in [-0.3, -0.25) is 9.88 Å². The number of hydrogen-bond acceptors (Lipinski definition) is 6. The number of anilines is 1. The van der Waals surface area contributed by atoms with E-state index < -0.39 is 0 Å². The van der Waals surface area contributed by atoms with Gasteiger partial charge in [0.2, 0.25) is 0 Å². The molecule has 4 heterocycles. The van der Waals surface area contributed by atoms with E-state index in [0.717, 1.165) is 55.7 Å². The molecule has 2 fully saturated rings. The summed E-state index contributed by atoms with van der Waals surface area (Å²) in [5.41, 5.74) is 3.25. The molecule has 5 rings (SSSR count). The van der Waals surface area contributed by atoms with Crippen molar-refractivity contribution in [3.8, 4) is 11.4 Å². The molecule has 2 atom stereocenters. The van der Waals surface area contributed by atoms with Crippen LogP contribution in [0.3, 0.4) is 0 Å². The third-order valence-corrected chi connectivity index (χ3v) is 5.73. The minimum atomic E-state index is 0.213. The fourth-order valence-electron chi connectivity index (χ4n) is 4.30. The lowest BCUT2D eigenvalue weighted by molar-refractivity contribution is -0.0499. The molecule has 2 unspecified atom stereocenters. The van der Waals surface area contributed by atoms with Gasteiger partial charge in [-0.05, 0) is 24.6 Å². The number of fused-ring (bicyclic) bond motifs is 1. The van der Waals surface area contributed by atoms with Gasteiger partial charge in [0.1, 0.15) is 5.82 Å². The van der Waals surface area contributed by atoms with E-state index in [9.17, 15) is 0 Å². The maximum atomic E-state index is 6.13. The van der Waals surface area contributed by atoms with Crippen LogP contribution in [-0.4, -0.2) is 58.2 Å². The average molecular weight is 387 g/mol. The predicted octanol–water partition coefficient (Wildman–Crippen LogP) is 2.94. The molecule has 2 aromatic heterocycles. The molecule has 6 nitrogen and oxygen atoms in total. The van der Waals surface area contributed by atoms with Crippen LogP contribution in [-0.2, 0) is 11.3 Å². The van der Waals surface area contributed by atoms with Gasteiger partial charge in [-0.25, -0.2) is 9.97 Å². The van der Waals surface area contributed by atoms with Gasteiger partial charge in [0.25, 0.3) is 0 Å². The lowest BCUT2D eigenvalue weighted by atomic mass is 10.1. The van der Waals surface area contributed by atoms with E-state index in [2.05, 4.69) is 56.2 Å². The molecule has 0 N–H and O–H groups in total. The first-order valence-electron chi connectivity index (χ1n) is 10.2. The Hall–Kier alpha value is -2.83. The summed E-state index contributed by atoms with van der Waals surface area (Å²) >= 11 is 0. The normalized spacial score (nSPS) is 21.9. The lowest BCUT2D eigenvalue weighted by Gasteiger charge is -2.36. The number of rotatable bonds is 4. The van der Waals surface area contributed by atoms with E-state index in [1.165, 1.54) is 5.56 Å². The number of benzene rings is 1. The van der Waals surface area contributed by atoms with Crippen LogP contribution in [0.4, 0.5) is 5.82 Å². The van der Waals surface area contributed by atoms with Crippen LogP contribution in [0.2, 0.25) is 0 Å². The van der Waals surface area contributed by atoms with Crippen LogP contribution in [0.5, 0.6) is 0 Å². The highest BCUT2D eigenvalue weighted by Gasteiger charge is 2.40. The van der Waals surface area contributed by atoms with Gasteiger partial charge in [0.15, 0.2) is 5.82 Å². The van der Waals surface area contributed by atoms with Crippen molar-refractivity contribution in [3.05, 3.63) is 72.2 Å².